The van der Waals surface area contributed by atoms with Gasteiger partial charge in [0, 0.05) is 19.0 Å². The maximum Gasteiger partial charge on any atom is 0.322 e. The molecule has 2 saturated heterocycles. The molecule has 3 rings (SSSR count). The van der Waals surface area contributed by atoms with Gasteiger partial charge in [-0.25, -0.2) is 17.2 Å². The van der Waals surface area contributed by atoms with Gasteiger partial charge in [0.05, 0.1) is 23.1 Å². The van der Waals surface area contributed by atoms with E-state index in [0.717, 1.165) is 4.31 Å². The SMILES string of the molecule is N#Cc1cccc(S(=O)(=O)N2CC(N3CCCC(F)(F)C3)CC2C(=O)O)c1. The first-order chi connectivity index (χ1) is 12.6. The van der Waals surface area contributed by atoms with Crippen molar-refractivity contribution in [3.05, 3.63) is 29.8 Å². The Kier molecular flexibility index (Phi) is 5.20. The molecule has 0 radical (unpaired) electrons. The highest BCUT2D eigenvalue weighted by atomic mass is 32.2. The molecule has 1 aromatic carbocycles. The highest BCUT2D eigenvalue weighted by Crippen LogP contribution is 2.34. The molecule has 2 atom stereocenters. The Bertz CT molecular complexity index is 884. The molecule has 7 nitrogen and oxygen atoms in total. The highest BCUT2D eigenvalue weighted by Gasteiger charge is 2.48. The molecule has 2 aliphatic rings. The molecule has 2 heterocycles. The summed E-state index contributed by atoms with van der Waals surface area (Å²) in [5.74, 6) is -4.18. The van der Waals surface area contributed by atoms with Crippen molar-refractivity contribution >= 4 is 16.0 Å². The van der Waals surface area contributed by atoms with Crippen molar-refractivity contribution in [2.45, 2.75) is 42.2 Å². The lowest BCUT2D eigenvalue weighted by Gasteiger charge is -2.36. The largest absolute Gasteiger partial charge is 0.480 e. The van der Waals surface area contributed by atoms with Gasteiger partial charge in [0.1, 0.15) is 6.04 Å². The molecular weight excluding hydrogens is 380 g/mol. The first kappa shape index (κ1) is 19.7. The van der Waals surface area contributed by atoms with E-state index in [0.29, 0.717) is 6.54 Å². The van der Waals surface area contributed by atoms with Crippen molar-refractivity contribution in [3.8, 4) is 6.07 Å². The molecule has 27 heavy (non-hydrogen) atoms. The van der Waals surface area contributed by atoms with Crippen LogP contribution in [0.2, 0.25) is 0 Å². The summed E-state index contributed by atoms with van der Waals surface area (Å²) < 4.78 is 54.2. The summed E-state index contributed by atoms with van der Waals surface area (Å²) in [6.45, 7) is -0.293. The number of sulfonamides is 1. The van der Waals surface area contributed by atoms with E-state index in [9.17, 15) is 27.1 Å². The minimum absolute atomic E-state index is 0.0530. The van der Waals surface area contributed by atoms with E-state index in [4.69, 9.17) is 5.26 Å². The van der Waals surface area contributed by atoms with Crippen LogP contribution in [0.4, 0.5) is 8.78 Å². The Morgan fingerprint density at radius 1 is 1.37 bits per heavy atom. The van der Waals surface area contributed by atoms with Gasteiger partial charge in [-0.1, -0.05) is 6.07 Å². The number of likely N-dealkylation sites (tertiary alicyclic amines) is 1. The number of aliphatic carboxylic acids is 1. The van der Waals surface area contributed by atoms with Gasteiger partial charge in [-0.2, -0.15) is 9.57 Å². The predicted octanol–water partition coefficient (Wildman–Crippen LogP) is 1.51. The first-order valence-electron chi connectivity index (χ1n) is 8.51. The van der Waals surface area contributed by atoms with E-state index >= 15 is 0 Å². The van der Waals surface area contributed by atoms with Gasteiger partial charge in [-0.15, -0.1) is 0 Å². The van der Waals surface area contributed by atoms with Crippen LogP contribution in [-0.2, 0) is 14.8 Å². The van der Waals surface area contributed by atoms with Crippen molar-refractivity contribution in [2.24, 2.45) is 0 Å². The minimum Gasteiger partial charge on any atom is -0.480 e. The molecule has 0 bridgehead atoms. The second-order valence-electron chi connectivity index (χ2n) is 6.89. The molecule has 0 spiro atoms. The van der Waals surface area contributed by atoms with Crippen LogP contribution in [0.25, 0.3) is 0 Å². The zero-order valence-electron chi connectivity index (χ0n) is 14.4. The van der Waals surface area contributed by atoms with E-state index in [1.54, 1.807) is 0 Å². The smallest absolute Gasteiger partial charge is 0.322 e. The van der Waals surface area contributed by atoms with E-state index in [-0.39, 0.29) is 36.3 Å². The number of nitriles is 1. The third-order valence-corrected chi connectivity index (χ3v) is 6.90. The molecule has 0 aliphatic carbocycles. The van der Waals surface area contributed by atoms with Gasteiger partial charge < -0.3 is 5.11 Å². The number of carboxylic acid groups (broad SMARTS) is 1. The van der Waals surface area contributed by atoms with Crippen LogP contribution in [0.3, 0.4) is 0 Å². The van der Waals surface area contributed by atoms with Crippen molar-refractivity contribution in [1.82, 2.24) is 9.21 Å². The van der Waals surface area contributed by atoms with Crippen LogP contribution >= 0.6 is 0 Å². The van der Waals surface area contributed by atoms with Gasteiger partial charge in [-0.05, 0) is 37.6 Å². The monoisotopic (exact) mass is 399 g/mol. The summed E-state index contributed by atoms with van der Waals surface area (Å²) in [6.07, 6.45) is 0.00231. The highest BCUT2D eigenvalue weighted by molar-refractivity contribution is 7.89. The van der Waals surface area contributed by atoms with Gasteiger partial charge in [-0.3, -0.25) is 9.69 Å². The average molecular weight is 399 g/mol. The molecule has 2 fully saturated rings. The van der Waals surface area contributed by atoms with Crippen LogP contribution in [0, 0.1) is 11.3 Å². The Balaban J connectivity index is 1.89. The number of alkyl halides is 2. The second kappa shape index (κ2) is 7.14. The maximum atomic E-state index is 13.7. The number of hydrogen-bond acceptors (Lipinski definition) is 5. The lowest BCUT2D eigenvalue weighted by atomic mass is 10.0. The summed E-state index contributed by atoms with van der Waals surface area (Å²) in [4.78, 5) is 12.9. The lowest BCUT2D eigenvalue weighted by molar-refractivity contribution is -0.140. The summed E-state index contributed by atoms with van der Waals surface area (Å²) >= 11 is 0. The van der Waals surface area contributed by atoms with E-state index in [1.165, 1.54) is 29.2 Å². The number of nitrogens with zero attached hydrogens (tertiary/aromatic N) is 3. The summed E-state index contributed by atoms with van der Waals surface area (Å²) in [7, 11) is -4.18. The summed E-state index contributed by atoms with van der Waals surface area (Å²) in [5.41, 5.74) is 0.134. The fraction of sp³-hybridized carbons (Fsp3) is 0.529. The third-order valence-electron chi connectivity index (χ3n) is 5.03. The number of rotatable bonds is 4. The molecule has 1 N–H and O–H groups in total. The molecule has 2 unspecified atom stereocenters. The Morgan fingerprint density at radius 3 is 2.74 bits per heavy atom. The molecule has 0 amide bonds. The standard InChI is InChI=1S/C17H19F2N3O4S/c18-17(19)5-2-6-21(11-17)13-8-15(16(23)24)22(10-13)27(25,26)14-4-1-3-12(7-14)9-20/h1,3-4,7,13,15H,2,5-6,8,10-11H2,(H,23,24). The topological polar surface area (TPSA) is 102 Å². The lowest BCUT2D eigenvalue weighted by Crippen LogP contribution is -2.48. The number of carbonyl (C=O) groups is 1. The summed E-state index contributed by atoms with van der Waals surface area (Å²) in [6, 6.07) is 5.23. The van der Waals surface area contributed by atoms with Crippen molar-refractivity contribution < 1.29 is 27.1 Å². The molecule has 2 aliphatic heterocycles. The molecule has 146 valence electrons. The molecule has 1 aromatic rings. The van der Waals surface area contributed by atoms with Gasteiger partial charge in [0.25, 0.3) is 5.92 Å². The molecule has 0 saturated carbocycles. The second-order valence-corrected chi connectivity index (χ2v) is 8.78. The first-order valence-corrected chi connectivity index (χ1v) is 9.95. The number of benzene rings is 1. The van der Waals surface area contributed by atoms with Crippen molar-refractivity contribution in [3.63, 3.8) is 0 Å². The van der Waals surface area contributed by atoms with Crippen LogP contribution in [0.5, 0.6) is 0 Å². The fourth-order valence-corrected chi connectivity index (χ4v) is 5.38. The quantitative estimate of drug-likeness (QED) is 0.823. The fourth-order valence-electron chi connectivity index (χ4n) is 3.71. The van der Waals surface area contributed by atoms with Crippen molar-refractivity contribution in [1.29, 1.82) is 5.26 Å². The number of hydrogen-bond donors (Lipinski definition) is 1. The Hall–Kier alpha value is -2.09. The van der Waals surface area contributed by atoms with Crippen molar-refractivity contribution in [2.75, 3.05) is 19.6 Å². The molecule has 0 aromatic heterocycles. The van der Waals surface area contributed by atoms with E-state index < -0.39 is 40.5 Å². The Morgan fingerprint density at radius 2 is 2.11 bits per heavy atom. The average Bonchev–Trinajstić information content (AvgIpc) is 3.07. The zero-order valence-corrected chi connectivity index (χ0v) is 15.2. The molecular formula is C17H19F2N3O4S. The molecule has 10 heteroatoms. The van der Waals surface area contributed by atoms with Crippen LogP contribution in [-0.4, -0.2) is 66.3 Å². The predicted molar refractivity (Wildman–Crippen MR) is 90.6 cm³/mol. The van der Waals surface area contributed by atoms with Crippen LogP contribution in [0.15, 0.2) is 29.2 Å². The normalized spacial score (nSPS) is 26.6. The number of carboxylic acids is 1. The maximum absolute atomic E-state index is 13.7. The van der Waals surface area contributed by atoms with Crippen LogP contribution < -0.4 is 0 Å². The number of halogens is 2. The summed E-state index contributed by atoms with van der Waals surface area (Å²) in [5, 5.41) is 18.5. The Labute approximate surface area is 155 Å². The van der Waals surface area contributed by atoms with Crippen LogP contribution in [0.1, 0.15) is 24.8 Å². The third kappa shape index (κ3) is 3.95. The van der Waals surface area contributed by atoms with E-state index in [2.05, 4.69) is 0 Å². The van der Waals surface area contributed by atoms with Gasteiger partial charge in [0.15, 0.2) is 0 Å². The van der Waals surface area contributed by atoms with Gasteiger partial charge >= 0.3 is 5.97 Å². The minimum atomic E-state index is -4.18. The number of piperidine rings is 1. The van der Waals surface area contributed by atoms with E-state index in [1.807, 2.05) is 6.07 Å². The zero-order chi connectivity index (χ0) is 19.8. The van der Waals surface area contributed by atoms with Gasteiger partial charge in [0.2, 0.25) is 10.0 Å².